The number of fused-ring (bicyclic) bond motifs is 12. The summed E-state index contributed by atoms with van der Waals surface area (Å²) >= 11 is 34.9. The number of rotatable bonds is 20. The van der Waals surface area contributed by atoms with Crippen molar-refractivity contribution in [2.24, 2.45) is 5.92 Å². The topological polar surface area (TPSA) is 267 Å². The first-order valence-corrected chi connectivity index (χ1v) is 45.8. The van der Waals surface area contributed by atoms with E-state index in [9.17, 15) is 0 Å². The van der Waals surface area contributed by atoms with E-state index in [0.29, 0.717) is 60.5 Å². The highest BCUT2D eigenvalue weighted by atomic mass is 35.5. The van der Waals surface area contributed by atoms with Gasteiger partial charge in [-0.05, 0) is 281 Å². The van der Waals surface area contributed by atoms with Gasteiger partial charge >= 0.3 is 0 Å². The van der Waals surface area contributed by atoms with Gasteiger partial charge in [-0.2, -0.15) is 0 Å². The zero-order valence-corrected chi connectivity index (χ0v) is 79.5. The van der Waals surface area contributed by atoms with Crippen molar-refractivity contribution in [3.63, 3.8) is 0 Å². The van der Waals surface area contributed by atoms with Crippen LogP contribution in [0.2, 0.25) is 10.0 Å². The number of aryl methyl sites for hydroxylation is 8. The molecule has 128 heavy (non-hydrogen) atoms. The van der Waals surface area contributed by atoms with E-state index in [2.05, 4.69) is 233 Å². The number of benzene rings is 4. The fourth-order valence-electron chi connectivity index (χ4n) is 16.5. The Hall–Kier alpha value is -11.2. The Morgan fingerprint density at radius 3 is 1.38 bits per heavy atom. The molecule has 0 aliphatic carbocycles. The van der Waals surface area contributed by atoms with Crippen molar-refractivity contribution in [2.75, 3.05) is 136 Å². The molecule has 2 saturated heterocycles. The second-order valence-corrected chi connectivity index (χ2v) is 37.2. The Kier molecular flexibility index (Phi) is 29.7. The maximum Gasteiger partial charge on any atom is 0.227 e. The zero-order chi connectivity index (χ0) is 90.0. The van der Waals surface area contributed by atoms with Gasteiger partial charge in [0.1, 0.15) is 5.82 Å². The van der Waals surface area contributed by atoms with Crippen molar-refractivity contribution in [2.45, 2.75) is 125 Å². The Morgan fingerprint density at radius 2 is 0.891 bits per heavy atom. The van der Waals surface area contributed by atoms with Crippen LogP contribution in [0.15, 0.2) is 146 Å². The number of nitrogens with zero attached hydrogens (tertiary/aromatic N) is 17. The van der Waals surface area contributed by atoms with E-state index < -0.39 is 0 Å². The molecule has 8 aromatic heterocycles. The van der Waals surface area contributed by atoms with Crippen molar-refractivity contribution in [1.29, 1.82) is 0 Å². The number of hydrogen-bond donors (Lipinski definition) is 8. The number of hydrogen-bond acceptors (Lipinski definition) is 25. The Morgan fingerprint density at radius 1 is 0.430 bits per heavy atom. The summed E-state index contributed by atoms with van der Waals surface area (Å²) in [5, 5.41) is 28.1. The van der Waals surface area contributed by atoms with E-state index in [4.69, 9.17) is 102 Å². The van der Waals surface area contributed by atoms with Gasteiger partial charge in [-0.15, -0.1) is 0 Å². The van der Waals surface area contributed by atoms with Crippen LogP contribution >= 0.6 is 72.1 Å². The average Bonchev–Trinajstić information content (AvgIpc) is 1.55. The number of pyridine rings is 4. The Labute approximate surface area is 781 Å². The van der Waals surface area contributed by atoms with E-state index in [1.807, 2.05) is 95.1 Å². The minimum absolute atomic E-state index is 0.497. The van der Waals surface area contributed by atoms with Crippen LogP contribution in [-0.2, 0) is 44.9 Å². The summed E-state index contributed by atoms with van der Waals surface area (Å²) in [5.74, 6) is 3.89. The van der Waals surface area contributed by atoms with Gasteiger partial charge in [-0.25, -0.2) is 44.9 Å². The van der Waals surface area contributed by atoms with Crippen LogP contribution < -0.4 is 47.4 Å². The van der Waals surface area contributed by atoms with Gasteiger partial charge in [0.2, 0.25) is 23.8 Å². The normalized spacial score (nSPS) is 15.0. The van der Waals surface area contributed by atoms with E-state index in [1.54, 1.807) is 6.20 Å². The van der Waals surface area contributed by atoms with E-state index in [0.717, 1.165) is 243 Å². The number of halogens is 2. The SMILES string of the molecule is Cc1ccc2c(c1)NC(=S)Cc1cnc(Nc3ccc(CC4CCN(C)CC4)nc3C)nc1-2.Cc1ccc2c(c1)NC(=S)Cc1cnc(Nc3ccc(N(C)C4CCN(C)C4)nc3C)nc1-2.Cc1ncc(Nc2ncc3c(n2)-c2ccc(Cl)cc2NC(=S)C3)cc1CCCN(C)C.Cc1ncccc1Nc1ncc2c(n1)-c1cc(CCCN(C)C)c(Cl)cc1NC(=S)C2. The fraction of sp³-hybridized carbons (Fsp3) is 0.340. The van der Waals surface area contributed by atoms with Gasteiger partial charge in [0.25, 0.3) is 0 Å². The van der Waals surface area contributed by atoms with Gasteiger partial charge in [0.05, 0.1) is 88.8 Å². The first-order valence-electron chi connectivity index (χ1n) is 43.4. The standard InChI is InChI=1S/C26H30N6S.C25H29N7S.2C23H25ClN6S/c1-16-4-6-21-23(12-16)29-24(33)14-19-15-27-26(31-25(19)21)30-22-7-5-20(28-17(22)2)13-18-8-10-32(3)11-9-18;1-15-5-6-19-21(11-15)28-23(33)12-17-13-26-25(30-24(17)19)29-20-7-8-22(27-16(20)2)32(4)18-9-10-31(3)14-18;1-14-19(7-4-8-25-14)28-23-26-13-16-11-21(31)27-20-12-18(24)15(6-5-9-30(2)3)10-17(20)22(16)29-23;1-14-15(5-4-8-30(2)3)9-18(13-25-14)27-23-26-12-16-10-21(31)28-20-11-17(24)6-7-19(20)22(16)29-23/h4-7,12,15,18H,8-11,13-14H2,1-3H3,(H,29,33)(H,27,30,31);5-8,11,13,18H,9-10,12,14H2,1-4H3,(H,28,33)(H,26,29,30);4,7-8,10,12-13H,5-6,9,11H2,1-3H3,(H,27,31)(H,26,28,29);6-7,9,11-13H,4-5,8,10H2,1-3H3,(H,28,31)(H,26,27,29). The summed E-state index contributed by atoms with van der Waals surface area (Å²) < 4.78 is 0. The Bertz CT molecular complexity index is 6160. The summed E-state index contributed by atoms with van der Waals surface area (Å²) in [6.07, 6.45) is 22.1. The lowest BCUT2D eigenvalue weighted by Crippen LogP contribution is -2.34. The molecule has 1 atom stereocenters. The first-order chi connectivity index (χ1) is 61.6. The van der Waals surface area contributed by atoms with Crippen LogP contribution in [0.4, 0.5) is 75.1 Å². The number of anilines is 13. The predicted octanol–water partition coefficient (Wildman–Crippen LogP) is 19.5. The maximum absolute atomic E-state index is 6.61. The molecule has 31 heteroatoms. The van der Waals surface area contributed by atoms with Crippen molar-refractivity contribution in [1.82, 2.24) is 79.4 Å². The highest BCUT2D eigenvalue weighted by Crippen LogP contribution is 2.42. The second-order valence-electron chi connectivity index (χ2n) is 34.4. The first kappa shape index (κ1) is 91.5. The van der Waals surface area contributed by atoms with Crippen molar-refractivity contribution in [3.05, 3.63) is 229 Å². The molecule has 0 bridgehead atoms. The summed E-state index contributed by atoms with van der Waals surface area (Å²) in [7, 11) is 14.8. The molecule has 12 aromatic rings. The van der Waals surface area contributed by atoms with Crippen molar-refractivity contribution < 1.29 is 0 Å². The third-order valence-corrected chi connectivity index (χ3v) is 25.2. The smallest absolute Gasteiger partial charge is 0.227 e. The molecule has 0 amide bonds. The van der Waals surface area contributed by atoms with E-state index in [-0.39, 0.29) is 0 Å². The molecule has 6 aliphatic heterocycles. The molecule has 2 fully saturated rings. The molecule has 8 N–H and O–H groups in total. The maximum atomic E-state index is 6.61. The molecular formula is C97H109Cl2N25S4. The molecule has 660 valence electrons. The predicted molar refractivity (Wildman–Crippen MR) is 540 cm³/mol. The van der Waals surface area contributed by atoms with Crippen molar-refractivity contribution in [3.8, 4) is 45.0 Å². The van der Waals surface area contributed by atoms with Gasteiger partial charge in [0, 0.05) is 165 Å². The highest BCUT2D eigenvalue weighted by molar-refractivity contribution is 7.81. The number of piperidine rings is 1. The van der Waals surface area contributed by atoms with Crippen LogP contribution in [0, 0.1) is 47.5 Å². The number of aromatic nitrogens is 12. The molecule has 0 saturated carbocycles. The zero-order valence-electron chi connectivity index (χ0n) is 74.7. The molecule has 0 spiro atoms. The molecular weight excluding hydrogens is 1710 g/mol. The molecule has 18 rings (SSSR count). The second kappa shape index (κ2) is 41.5. The number of nitrogens with one attached hydrogen (secondary N) is 8. The minimum atomic E-state index is 0.497. The van der Waals surface area contributed by atoms with Crippen LogP contribution in [0.5, 0.6) is 0 Å². The lowest BCUT2D eigenvalue weighted by atomic mass is 9.92. The van der Waals surface area contributed by atoms with Crippen molar-refractivity contribution >= 4 is 167 Å². The van der Waals surface area contributed by atoms with Gasteiger partial charge in [-0.3, -0.25) is 15.0 Å². The summed E-state index contributed by atoms with van der Waals surface area (Å²) in [6.45, 7) is 18.8. The third-order valence-electron chi connectivity index (χ3n) is 23.6. The molecule has 1 unspecified atom stereocenters. The number of likely N-dealkylation sites (tertiary alicyclic amines) is 2. The molecule has 0 radical (unpaired) electrons. The quantitative estimate of drug-likeness (QED) is 0.0330. The van der Waals surface area contributed by atoms with Crippen LogP contribution in [0.3, 0.4) is 0 Å². The van der Waals surface area contributed by atoms with E-state index >= 15 is 0 Å². The largest absolute Gasteiger partial charge is 0.355 e. The lowest BCUT2D eigenvalue weighted by molar-refractivity contribution is 0.218. The lowest BCUT2D eigenvalue weighted by Gasteiger charge is -2.28. The monoisotopic (exact) mass is 1820 g/mol. The molecule has 14 heterocycles. The Balaban J connectivity index is 0.000000131. The number of thiocarbonyl (C=S) groups is 4. The van der Waals surface area contributed by atoms with Crippen LogP contribution in [-0.4, -0.2) is 194 Å². The van der Waals surface area contributed by atoms with Gasteiger partial charge in [-0.1, -0.05) is 96.3 Å². The van der Waals surface area contributed by atoms with Crippen LogP contribution in [0.1, 0.15) is 105 Å². The average molecular weight is 1820 g/mol. The summed E-state index contributed by atoms with van der Waals surface area (Å²) in [5.41, 5.74) is 28.6. The minimum Gasteiger partial charge on any atom is -0.355 e. The van der Waals surface area contributed by atoms with E-state index in [1.165, 1.54) is 48.3 Å². The van der Waals surface area contributed by atoms with Gasteiger partial charge in [0.15, 0.2) is 0 Å². The molecule has 6 aliphatic rings. The molecule has 25 nitrogen and oxygen atoms in total. The van der Waals surface area contributed by atoms with Gasteiger partial charge < -0.3 is 67.0 Å². The third kappa shape index (κ3) is 23.3. The highest BCUT2D eigenvalue weighted by Gasteiger charge is 2.29. The van der Waals surface area contributed by atoms with Crippen LogP contribution in [0.25, 0.3) is 45.0 Å². The molecule has 4 aromatic carbocycles. The number of likely N-dealkylation sites (N-methyl/N-ethyl adjacent to an activating group) is 2. The fourth-order valence-corrected chi connectivity index (χ4v) is 18.0. The summed E-state index contributed by atoms with van der Waals surface area (Å²) in [4.78, 5) is 70.7. The summed E-state index contributed by atoms with van der Waals surface area (Å²) in [6, 6.07) is 37.3.